The van der Waals surface area contributed by atoms with E-state index in [1.165, 1.54) is 6.07 Å². The van der Waals surface area contributed by atoms with E-state index >= 15 is 0 Å². The number of fused-ring (bicyclic) bond motifs is 1. The van der Waals surface area contributed by atoms with Crippen molar-refractivity contribution in [2.24, 2.45) is 5.92 Å². The van der Waals surface area contributed by atoms with Crippen molar-refractivity contribution in [2.45, 2.75) is 52.6 Å². The quantitative estimate of drug-likeness (QED) is 0.635. The number of aliphatic carboxylic acids is 1. The van der Waals surface area contributed by atoms with Crippen LogP contribution in [0.25, 0.3) is 11.0 Å². The first-order valence-corrected chi connectivity index (χ1v) is 8.57. The summed E-state index contributed by atoms with van der Waals surface area (Å²) >= 11 is 0. The maximum Gasteiger partial charge on any atom is 0.336 e. The predicted molar refractivity (Wildman–Crippen MR) is 95.9 cm³/mol. The van der Waals surface area contributed by atoms with E-state index in [1.54, 1.807) is 12.1 Å². The van der Waals surface area contributed by atoms with Gasteiger partial charge < -0.3 is 19.9 Å². The van der Waals surface area contributed by atoms with Gasteiger partial charge in [0.1, 0.15) is 17.4 Å². The molecule has 2 rings (SSSR count). The van der Waals surface area contributed by atoms with Gasteiger partial charge in [-0.25, -0.2) is 4.79 Å². The first-order chi connectivity index (χ1) is 11.8. The van der Waals surface area contributed by atoms with Crippen LogP contribution in [0.2, 0.25) is 0 Å². The van der Waals surface area contributed by atoms with E-state index in [4.69, 9.17) is 4.42 Å². The van der Waals surface area contributed by atoms with Gasteiger partial charge in [-0.2, -0.15) is 0 Å². The van der Waals surface area contributed by atoms with Crippen LogP contribution < -0.4 is 10.9 Å². The van der Waals surface area contributed by atoms with Gasteiger partial charge in [0, 0.05) is 18.0 Å². The van der Waals surface area contributed by atoms with Crippen LogP contribution in [0.1, 0.15) is 44.7 Å². The van der Waals surface area contributed by atoms with Gasteiger partial charge >= 0.3 is 11.6 Å². The number of aromatic hydroxyl groups is 1. The highest BCUT2D eigenvalue weighted by Crippen LogP contribution is 2.29. The van der Waals surface area contributed by atoms with E-state index in [-0.39, 0.29) is 18.2 Å². The topological polar surface area (TPSA) is 99.8 Å². The number of nitrogens with one attached hydrogen (secondary N) is 1. The van der Waals surface area contributed by atoms with Crippen LogP contribution in [-0.4, -0.2) is 22.2 Å². The maximum atomic E-state index is 11.9. The molecule has 0 amide bonds. The summed E-state index contributed by atoms with van der Waals surface area (Å²) in [6.45, 7) is 6.02. The lowest BCUT2D eigenvalue weighted by molar-refractivity contribution is -0.140. The lowest BCUT2D eigenvalue weighted by atomic mass is 10.0. The number of rotatable bonds is 8. The molecule has 2 aromatic rings. The third-order valence-electron chi connectivity index (χ3n) is 4.13. The average molecular weight is 347 g/mol. The highest BCUT2D eigenvalue weighted by atomic mass is 16.4. The lowest BCUT2D eigenvalue weighted by Crippen LogP contribution is -2.37. The number of carbonyl (C=O) groups is 1. The van der Waals surface area contributed by atoms with Gasteiger partial charge in [0.15, 0.2) is 0 Å². The van der Waals surface area contributed by atoms with E-state index in [9.17, 15) is 19.8 Å². The second-order valence-electron chi connectivity index (χ2n) is 6.68. The van der Waals surface area contributed by atoms with Crippen LogP contribution in [0, 0.1) is 5.92 Å². The van der Waals surface area contributed by atoms with Gasteiger partial charge in [-0.05, 0) is 36.5 Å². The summed E-state index contributed by atoms with van der Waals surface area (Å²) in [5.74, 6) is -0.754. The molecule has 136 valence electrons. The number of hydrogen-bond donors (Lipinski definition) is 3. The predicted octanol–water partition coefficient (Wildman–Crippen LogP) is 3.04. The number of hydrogen-bond acceptors (Lipinski definition) is 5. The van der Waals surface area contributed by atoms with Crippen molar-refractivity contribution in [3.63, 3.8) is 0 Å². The van der Waals surface area contributed by atoms with Crippen molar-refractivity contribution in [3.05, 3.63) is 39.7 Å². The molecule has 0 spiro atoms. The zero-order valence-electron chi connectivity index (χ0n) is 14.8. The van der Waals surface area contributed by atoms with Gasteiger partial charge in [-0.3, -0.25) is 4.79 Å². The Morgan fingerprint density at radius 2 is 2.04 bits per heavy atom. The third kappa shape index (κ3) is 4.60. The fourth-order valence-corrected chi connectivity index (χ4v) is 2.95. The number of phenolic OH excluding ortho intramolecular Hbond substituents is 1. The summed E-state index contributed by atoms with van der Waals surface area (Å²) in [6, 6.07) is 4.01. The fraction of sp³-hybridized carbons (Fsp3) is 0.474. The molecular weight excluding hydrogens is 322 g/mol. The van der Waals surface area contributed by atoms with Gasteiger partial charge in [0.05, 0.1) is 5.56 Å². The maximum absolute atomic E-state index is 11.9. The molecule has 0 saturated heterocycles. The summed E-state index contributed by atoms with van der Waals surface area (Å²) in [7, 11) is 0. The highest BCUT2D eigenvalue weighted by molar-refractivity contribution is 5.85. The molecule has 0 bridgehead atoms. The van der Waals surface area contributed by atoms with Crippen LogP contribution >= 0.6 is 0 Å². The lowest BCUT2D eigenvalue weighted by Gasteiger charge is -2.17. The average Bonchev–Trinajstić information content (AvgIpc) is 2.52. The fourth-order valence-electron chi connectivity index (χ4n) is 2.95. The Hall–Kier alpha value is -2.34. The van der Waals surface area contributed by atoms with E-state index in [2.05, 4.69) is 5.32 Å². The van der Waals surface area contributed by atoms with Gasteiger partial charge in [0.25, 0.3) is 0 Å². The van der Waals surface area contributed by atoms with Crippen molar-refractivity contribution in [1.29, 1.82) is 0 Å². The molecular formula is C19H25NO5. The van der Waals surface area contributed by atoms with Crippen molar-refractivity contribution < 1.29 is 19.4 Å². The Balaban J connectivity index is 2.41. The molecule has 3 N–H and O–H groups in total. The van der Waals surface area contributed by atoms with Crippen LogP contribution in [-0.2, 0) is 17.8 Å². The largest absolute Gasteiger partial charge is 0.507 e. The number of phenols is 1. The van der Waals surface area contributed by atoms with E-state index in [0.717, 1.165) is 23.8 Å². The van der Waals surface area contributed by atoms with Crippen LogP contribution in [0.4, 0.5) is 0 Å². The zero-order valence-corrected chi connectivity index (χ0v) is 14.8. The minimum atomic E-state index is -0.943. The Bertz CT molecular complexity index is 809. The first-order valence-electron chi connectivity index (χ1n) is 8.57. The van der Waals surface area contributed by atoms with E-state index in [0.29, 0.717) is 17.6 Å². The third-order valence-corrected chi connectivity index (χ3v) is 4.13. The number of benzene rings is 1. The van der Waals surface area contributed by atoms with E-state index < -0.39 is 17.6 Å². The second kappa shape index (κ2) is 8.16. The standard InChI is InChI=1S/C19H25NO5/c1-4-5-12-9-17(22)25-18-13(12)6-7-16(21)14(18)10-20-15(19(23)24)8-11(2)3/h6-7,9,11,15,20-21H,4-5,8,10H2,1-3H3,(H,23,24)/t15-/m0/s1. The number of carboxylic acid groups (broad SMARTS) is 1. The minimum Gasteiger partial charge on any atom is -0.507 e. The highest BCUT2D eigenvalue weighted by Gasteiger charge is 2.20. The summed E-state index contributed by atoms with van der Waals surface area (Å²) in [5, 5.41) is 23.3. The summed E-state index contributed by atoms with van der Waals surface area (Å²) < 4.78 is 5.33. The molecule has 1 heterocycles. The second-order valence-corrected chi connectivity index (χ2v) is 6.68. The van der Waals surface area contributed by atoms with Crippen LogP contribution in [0.5, 0.6) is 5.75 Å². The Kier molecular flexibility index (Phi) is 6.20. The molecule has 0 radical (unpaired) electrons. The molecule has 0 unspecified atom stereocenters. The Morgan fingerprint density at radius 3 is 2.64 bits per heavy atom. The van der Waals surface area contributed by atoms with Crippen molar-refractivity contribution >= 4 is 16.9 Å². The summed E-state index contributed by atoms with van der Waals surface area (Å²) in [5.41, 5.74) is 1.12. The molecule has 0 saturated carbocycles. The molecule has 6 nitrogen and oxygen atoms in total. The monoisotopic (exact) mass is 347 g/mol. The van der Waals surface area contributed by atoms with Crippen molar-refractivity contribution in [1.82, 2.24) is 5.32 Å². The smallest absolute Gasteiger partial charge is 0.336 e. The minimum absolute atomic E-state index is 0.0227. The van der Waals surface area contributed by atoms with Crippen molar-refractivity contribution in [3.8, 4) is 5.75 Å². The molecule has 1 atom stereocenters. The number of aryl methyl sites for hydroxylation is 1. The Morgan fingerprint density at radius 1 is 1.32 bits per heavy atom. The molecule has 0 aliphatic rings. The van der Waals surface area contributed by atoms with Crippen LogP contribution in [0.3, 0.4) is 0 Å². The first kappa shape index (κ1) is 19.0. The summed E-state index contributed by atoms with van der Waals surface area (Å²) in [4.78, 5) is 23.3. The van der Waals surface area contributed by atoms with Gasteiger partial charge in [-0.1, -0.05) is 27.2 Å². The van der Waals surface area contributed by atoms with Gasteiger partial charge in [-0.15, -0.1) is 0 Å². The normalized spacial score (nSPS) is 12.6. The SMILES string of the molecule is CCCc1cc(=O)oc2c(CN[C@@H](CC(C)C)C(=O)O)c(O)ccc12. The summed E-state index contributed by atoms with van der Waals surface area (Å²) in [6.07, 6.45) is 2.07. The van der Waals surface area contributed by atoms with Gasteiger partial charge in [0.2, 0.25) is 0 Å². The zero-order chi connectivity index (χ0) is 18.6. The van der Waals surface area contributed by atoms with E-state index in [1.807, 2.05) is 20.8 Å². The molecule has 1 aromatic carbocycles. The molecule has 1 aromatic heterocycles. The molecule has 25 heavy (non-hydrogen) atoms. The molecule has 0 aliphatic carbocycles. The molecule has 6 heteroatoms. The van der Waals surface area contributed by atoms with Crippen molar-refractivity contribution in [2.75, 3.05) is 0 Å². The number of carboxylic acids is 1. The Labute approximate surface area is 146 Å². The van der Waals surface area contributed by atoms with Crippen LogP contribution in [0.15, 0.2) is 27.4 Å². The molecule has 0 fully saturated rings. The molecule has 0 aliphatic heterocycles.